The lowest BCUT2D eigenvalue weighted by Gasteiger charge is -2.24. The molecule has 0 amide bonds. The fourth-order valence-corrected chi connectivity index (χ4v) is 2.70. The van der Waals surface area contributed by atoms with E-state index in [-0.39, 0.29) is 11.9 Å². The zero-order valence-electron chi connectivity index (χ0n) is 13.4. The molecule has 1 unspecified atom stereocenters. The standard InChI is InChI=1S/C18H23N3O2/c1-2-23-17(22)9-8-14-6-5-7-15(12-14)16(13-19)18(20)21-10-3-4-11-21/h5-9,12-13,16,19-20H,2-4,10-11H2,1H3/b9-8+,19-13?,20-18?. The molecule has 23 heavy (non-hydrogen) atoms. The Kier molecular flexibility index (Phi) is 6.09. The minimum Gasteiger partial charge on any atom is -0.463 e. The van der Waals surface area contributed by atoms with Gasteiger partial charge in [0.25, 0.3) is 0 Å². The molecular formula is C18H23N3O2. The lowest BCUT2D eigenvalue weighted by Crippen LogP contribution is -2.32. The van der Waals surface area contributed by atoms with Gasteiger partial charge in [0.05, 0.1) is 12.5 Å². The normalized spacial score (nSPS) is 15.6. The van der Waals surface area contributed by atoms with Crippen LogP contribution in [0.15, 0.2) is 30.3 Å². The van der Waals surface area contributed by atoms with E-state index in [0.29, 0.717) is 12.4 Å². The van der Waals surface area contributed by atoms with Crippen molar-refractivity contribution in [2.75, 3.05) is 19.7 Å². The van der Waals surface area contributed by atoms with Gasteiger partial charge in [-0.2, -0.15) is 0 Å². The van der Waals surface area contributed by atoms with Crippen LogP contribution in [-0.2, 0) is 9.53 Å². The van der Waals surface area contributed by atoms with E-state index >= 15 is 0 Å². The molecule has 1 aliphatic heterocycles. The first-order valence-electron chi connectivity index (χ1n) is 7.94. The number of likely N-dealkylation sites (tertiary alicyclic amines) is 1. The van der Waals surface area contributed by atoms with E-state index in [1.54, 1.807) is 13.0 Å². The van der Waals surface area contributed by atoms with E-state index in [9.17, 15) is 4.79 Å². The van der Waals surface area contributed by atoms with Crippen LogP contribution in [0.3, 0.4) is 0 Å². The largest absolute Gasteiger partial charge is 0.463 e. The van der Waals surface area contributed by atoms with Gasteiger partial charge in [-0.1, -0.05) is 24.3 Å². The smallest absolute Gasteiger partial charge is 0.330 e. The molecule has 1 atom stereocenters. The highest BCUT2D eigenvalue weighted by atomic mass is 16.5. The highest BCUT2D eigenvalue weighted by Gasteiger charge is 2.22. The highest BCUT2D eigenvalue weighted by Crippen LogP contribution is 2.21. The van der Waals surface area contributed by atoms with Crippen LogP contribution >= 0.6 is 0 Å². The maximum absolute atomic E-state index is 11.4. The number of nitrogens with one attached hydrogen (secondary N) is 2. The van der Waals surface area contributed by atoms with Crippen molar-refractivity contribution < 1.29 is 9.53 Å². The number of hydrogen-bond donors (Lipinski definition) is 2. The first-order valence-corrected chi connectivity index (χ1v) is 7.94. The molecule has 1 saturated heterocycles. The predicted octanol–water partition coefficient (Wildman–Crippen LogP) is 3.07. The van der Waals surface area contributed by atoms with E-state index in [4.69, 9.17) is 15.6 Å². The lowest BCUT2D eigenvalue weighted by atomic mass is 9.96. The van der Waals surface area contributed by atoms with E-state index < -0.39 is 0 Å². The van der Waals surface area contributed by atoms with Crippen molar-refractivity contribution in [2.24, 2.45) is 0 Å². The van der Waals surface area contributed by atoms with Crippen LogP contribution in [0.2, 0.25) is 0 Å². The summed E-state index contributed by atoms with van der Waals surface area (Å²) in [6.45, 7) is 3.91. The Morgan fingerprint density at radius 3 is 2.78 bits per heavy atom. The SMILES string of the molecule is CCOC(=O)/C=C/c1cccc(C(C=N)C(=N)N2CCCC2)c1. The van der Waals surface area contributed by atoms with Crippen LogP contribution in [0.5, 0.6) is 0 Å². The monoisotopic (exact) mass is 313 g/mol. The Hall–Kier alpha value is -2.43. The van der Waals surface area contributed by atoms with Crippen molar-refractivity contribution in [3.8, 4) is 0 Å². The summed E-state index contributed by atoms with van der Waals surface area (Å²) in [5.41, 5.74) is 1.75. The molecule has 1 aliphatic rings. The molecule has 0 spiro atoms. The molecule has 122 valence electrons. The molecule has 0 bridgehead atoms. The van der Waals surface area contributed by atoms with Crippen LogP contribution in [-0.4, -0.2) is 42.6 Å². The maximum atomic E-state index is 11.4. The molecule has 1 heterocycles. The van der Waals surface area contributed by atoms with Crippen molar-refractivity contribution in [1.82, 2.24) is 4.90 Å². The summed E-state index contributed by atoms with van der Waals surface area (Å²) in [6.07, 6.45) is 6.62. The molecule has 2 N–H and O–H groups in total. The fourth-order valence-electron chi connectivity index (χ4n) is 2.70. The summed E-state index contributed by atoms with van der Waals surface area (Å²) in [5, 5.41) is 16.1. The summed E-state index contributed by atoms with van der Waals surface area (Å²) >= 11 is 0. The van der Waals surface area contributed by atoms with Gasteiger partial charge < -0.3 is 15.0 Å². The number of carbonyl (C=O) groups excluding carboxylic acids is 1. The van der Waals surface area contributed by atoms with Gasteiger partial charge in [0.2, 0.25) is 0 Å². The first kappa shape index (κ1) is 16.9. The maximum Gasteiger partial charge on any atom is 0.330 e. The van der Waals surface area contributed by atoms with Crippen LogP contribution < -0.4 is 0 Å². The zero-order valence-corrected chi connectivity index (χ0v) is 13.4. The van der Waals surface area contributed by atoms with Crippen molar-refractivity contribution in [3.05, 3.63) is 41.5 Å². The molecular weight excluding hydrogens is 290 g/mol. The molecule has 0 aliphatic carbocycles. The summed E-state index contributed by atoms with van der Waals surface area (Å²) < 4.78 is 4.87. The third-order valence-corrected chi connectivity index (χ3v) is 3.88. The molecule has 5 heteroatoms. The van der Waals surface area contributed by atoms with Gasteiger partial charge in [-0.05, 0) is 37.0 Å². The average molecular weight is 313 g/mol. The van der Waals surface area contributed by atoms with Gasteiger partial charge in [0.1, 0.15) is 5.84 Å². The number of esters is 1. The Morgan fingerprint density at radius 2 is 2.13 bits per heavy atom. The molecule has 2 rings (SSSR count). The minimum atomic E-state index is -0.369. The van der Waals surface area contributed by atoms with Crippen molar-refractivity contribution in [1.29, 1.82) is 10.8 Å². The van der Waals surface area contributed by atoms with Crippen LogP contribution in [0, 0.1) is 10.8 Å². The van der Waals surface area contributed by atoms with E-state index in [1.807, 2.05) is 29.2 Å². The number of rotatable bonds is 6. The number of benzene rings is 1. The highest BCUT2D eigenvalue weighted by molar-refractivity contribution is 6.00. The summed E-state index contributed by atoms with van der Waals surface area (Å²) in [4.78, 5) is 13.4. The third-order valence-electron chi connectivity index (χ3n) is 3.88. The van der Waals surface area contributed by atoms with Crippen molar-refractivity contribution in [2.45, 2.75) is 25.7 Å². The van der Waals surface area contributed by atoms with Gasteiger partial charge in [-0.3, -0.25) is 5.41 Å². The Morgan fingerprint density at radius 1 is 1.39 bits per heavy atom. The second-order valence-corrected chi connectivity index (χ2v) is 5.48. The van der Waals surface area contributed by atoms with Gasteiger partial charge >= 0.3 is 5.97 Å². The average Bonchev–Trinajstić information content (AvgIpc) is 3.09. The fraction of sp³-hybridized carbons (Fsp3) is 0.389. The molecule has 1 aromatic carbocycles. The number of carbonyl (C=O) groups is 1. The second kappa shape index (κ2) is 8.27. The Balaban J connectivity index is 2.14. The molecule has 0 saturated carbocycles. The van der Waals surface area contributed by atoms with Crippen LogP contribution in [0.4, 0.5) is 0 Å². The van der Waals surface area contributed by atoms with Crippen LogP contribution in [0.25, 0.3) is 6.08 Å². The van der Waals surface area contributed by atoms with Gasteiger partial charge in [-0.25, -0.2) is 4.79 Å². The van der Waals surface area contributed by atoms with Gasteiger partial charge in [-0.15, -0.1) is 0 Å². The molecule has 0 radical (unpaired) electrons. The third kappa shape index (κ3) is 4.52. The van der Waals surface area contributed by atoms with Crippen molar-refractivity contribution >= 4 is 24.1 Å². The Bertz CT molecular complexity index is 604. The molecule has 1 aromatic rings. The minimum absolute atomic E-state index is 0.343. The molecule has 5 nitrogen and oxygen atoms in total. The summed E-state index contributed by atoms with van der Waals surface area (Å²) in [6, 6.07) is 7.60. The number of amidine groups is 1. The van der Waals surface area contributed by atoms with Crippen molar-refractivity contribution in [3.63, 3.8) is 0 Å². The Labute approximate surface area is 137 Å². The summed E-state index contributed by atoms with van der Waals surface area (Å²) in [5.74, 6) is -0.237. The molecule has 0 aromatic heterocycles. The zero-order chi connectivity index (χ0) is 16.7. The summed E-state index contributed by atoms with van der Waals surface area (Å²) in [7, 11) is 0. The quantitative estimate of drug-likeness (QED) is 0.367. The van der Waals surface area contributed by atoms with E-state index in [0.717, 1.165) is 37.1 Å². The van der Waals surface area contributed by atoms with Crippen LogP contribution in [0.1, 0.15) is 36.8 Å². The number of hydrogen-bond acceptors (Lipinski definition) is 4. The topological polar surface area (TPSA) is 77.2 Å². The molecule has 1 fully saturated rings. The first-order chi connectivity index (χ1) is 11.2. The van der Waals surface area contributed by atoms with Gasteiger partial charge in [0, 0.05) is 25.4 Å². The number of nitrogens with zero attached hydrogens (tertiary/aromatic N) is 1. The van der Waals surface area contributed by atoms with E-state index in [1.165, 1.54) is 12.3 Å². The second-order valence-electron chi connectivity index (χ2n) is 5.48. The van der Waals surface area contributed by atoms with Gasteiger partial charge in [0.15, 0.2) is 0 Å². The lowest BCUT2D eigenvalue weighted by molar-refractivity contribution is -0.137. The predicted molar refractivity (Wildman–Crippen MR) is 92.2 cm³/mol. The number of ether oxygens (including phenoxy) is 1. The van der Waals surface area contributed by atoms with E-state index in [2.05, 4.69) is 0 Å².